The molecule has 2 rings (SSSR count). The van der Waals surface area contributed by atoms with Crippen molar-refractivity contribution < 1.29 is 13.6 Å². The van der Waals surface area contributed by atoms with Crippen LogP contribution in [0.15, 0.2) is 41.2 Å². The highest BCUT2D eigenvalue weighted by Gasteiger charge is 2.11. The van der Waals surface area contributed by atoms with Crippen LogP contribution < -0.4 is 5.32 Å². The molecular formula is C13H12FNO2. The molecule has 88 valence electrons. The Morgan fingerprint density at radius 1 is 1.41 bits per heavy atom. The fourth-order valence-electron chi connectivity index (χ4n) is 1.48. The highest BCUT2D eigenvalue weighted by molar-refractivity contribution is 5.94. The largest absolute Gasteiger partial charge is 0.472 e. The molecule has 1 amide bonds. The molecule has 0 saturated heterocycles. The molecule has 17 heavy (non-hydrogen) atoms. The molecule has 3 nitrogen and oxygen atoms in total. The quantitative estimate of drug-likeness (QED) is 0.885. The van der Waals surface area contributed by atoms with E-state index in [0.29, 0.717) is 6.54 Å². The maximum atomic E-state index is 13.5. The summed E-state index contributed by atoms with van der Waals surface area (Å²) in [6.45, 7) is 2.10. The Morgan fingerprint density at radius 2 is 2.24 bits per heavy atom. The summed E-state index contributed by atoms with van der Waals surface area (Å²) in [4.78, 5) is 11.7. The predicted molar refractivity (Wildman–Crippen MR) is 61.0 cm³/mol. The predicted octanol–water partition coefficient (Wildman–Crippen LogP) is 2.66. The number of benzene rings is 1. The van der Waals surface area contributed by atoms with E-state index in [2.05, 4.69) is 5.32 Å². The summed E-state index contributed by atoms with van der Waals surface area (Å²) in [7, 11) is 0. The van der Waals surface area contributed by atoms with E-state index in [9.17, 15) is 9.18 Å². The van der Waals surface area contributed by atoms with Crippen LogP contribution >= 0.6 is 0 Å². The summed E-state index contributed by atoms with van der Waals surface area (Å²) in [6, 6.07) is 6.27. The van der Waals surface area contributed by atoms with Crippen LogP contribution in [-0.2, 0) is 6.54 Å². The molecule has 0 bridgehead atoms. The van der Waals surface area contributed by atoms with Gasteiger partial charge in [0.2, 0.25) is 0 Å². The second-order valence-corrected chi connectivity index (χ2v) is 3.80. The molecule has 4 heteroatoms. The van der Waals surface area contributed by atoms with Gasteiger partial charge in [-0.3, -0.25) is 4.79 Å². The van der Waals surface area contributed by atoms with Crippen LogP contribution in [0.4, 0.5) is 4.39 Å². The van der Waals surface area contributed by atoms with E-state index in [1.54, 1.807) is 19.1 Å². The van der Waals surface area contributed by atoms with Crippen LogP contribution in [0, 0.1) is 12.7 Å². The number of aryl methyl sites for hydroxylation is 1. The fraction of sp³-hybridized carbons (Fsp3) is 0.154. The number of rotatable bonds is 3. The van der Waals surface area contributed by atoms with Gasteiger partial charge in [0.1, 0.15) is 5.82 Å². The summed E-state index contributed by atoms with van der Waals surface area (Å²) >= 11 is 0. The summed E-state index contributed by atoms with van der Waals surface area (Å²) in [5, 5.41) is 2.62. The van der Waals surface area contributed by atoms with E-state index >= 15 is 0 Å². The first-order valence-corrected chi connectivity index (χ1v) is 5.22. The molecule has 0 aliphatic rings. The Hall–Kier alpha value is -2.10. The molecule has 1 heterocycles. The highest BCUT2D eigenvalue weighted by Crippen LogP contribution is 2.10. The number of hydrogen-bond donors (Lipinski definition) is 1. The molecule has 0 unspecified atom stereocenters. The number of carbonyl (C=O) groups is 1. The van der Waals surface area contributed by atoms with Crippen molar-refractivity contribution in [2.24, 2.45) is 0 Å². The average molecular weight is 233 g/mol. The molecule has 1 aromatic carbocycles. The zero-order valence-electron chi connectivity index (χ0n) is 9.37. The normalized spacial score (nSPS) is 10.2. The van der Waals surface area contributed by atoms with Gasteiger partial charge in [0.05, 0.1) is 18.1 Å². The van der Waals surface area contributed by atoms with Crippen LogP contribution in [0.2, 0.25) is 0 Å². The fourth-order valence-corrected chi connectivity index (χ4v) is 1.48. The van der Waals surface area contributed by atoms with Crippen molar-refractivity contribution in [1.29, 1.82) is 0 Å². The number of nitrogens with one attached hydrogen (secondary N) is 1. The highest BCUT2D eigenvalue weighted by atomic mass is 19.1. The van der Waals surface area contributed by atoms with Gasteiger partial charge in [-0.1, -0.05) is 6.07 Å². The van der Waals surface area contributed by atoms with Crippen molar-refractivity contribution in [3.63, 3.8) is 0 Å². The first-order valence-electron chi connectivity index (χ1n) is 5.22. The molecule has 0 aliphatic carbocycles. The van der Waals surface area contributed by atoms with E-state index in [1.165, 1.54) is 24.7 Å². The van der Waals surface area contributed by atoms with Gasteiger partial charge < -0.3 is 9.73 Å². The molecule has 1 N–H and O–H groups in total. The molecule has 0 aliphatic heterocycles. The van der Waals surface area contributed by atoms with Gasteiger partial charge in [-0.25, -0.2) is 4.39 Å². The van der Waals surface area contributed by atoms with Crippen LogP contribution in [0.3, 0.4) is 0 Å². The molecular weight excluding hydrogens is 221 g/mol. The van der Waals surface area contributed by atoms with Crippen LogP contribution in [0.25, 0.3) is 0 Å². The lowest BCUT2D eigenvalue weighted by Crippen LogP contribution is -2.23. The van der Waals surface area contributed by atoms with Gasteiger partial charge in [0, 0.05) is 12.1 Å². The minimum atomic E-state index is -0.505. The maximum Gasteiger partial charge on any atom is 0.254 e. The van der Waals surface area contributed by atoms with Crippen LogP contribution in [0.5, 0.6) is 0 Å². The lowest BCUT2D eigenvalue weighted by molar-refractivity contribution is 0.0947. The zero-order valence-corrected chi connectivity index (χ0v) is 9.37. The molecule has 2 aromatic rings. The Balaban J connectivity index is 2.04. The number of amides is 1. The Kier molecular flexibility index (Phi) is 3.23. The van der Waals surface area contributed by atoms with Gasteiger partial charge in [0.25, 0.3) is 5.91 Å². The van der Waals surface area contributed by atoms with Crippen molar-refractivity contribution in [1.82, 2.24) is 5.32 Å². The number of carbonyl (C=O) groups excluding carboxylic acids is 1. The van der Waals surface area contributed by atoms with Crippen molar-refractivity contribution in [3.05, 3.63) is 59.3 Å². The third-order valence-electron chi connectivity index (χ3n) is 2.40. The summed E-state index contributed by atoms with van der Waals surface area (Å²) in [5.74, 6) is -0.932. The first kappa shape index (κ1) is 11.4. The van der Waals surface area contributed by atoms with Crippen LogP contribution in [0.1, 0.15) is 21.5 Å². The molecule has 0 fully saturated rings. The van der Waals surface area contributed by atoms with E-state index in [-0.39, 0.29) is 5.56 Å². The minimum absolute atomic E-state index is 0.0547. The third-order valence-corrected chi connectivity index (χ3v) is 2.40. The summed E-state index contributed by atoms with van der Waals surface area (Å²) in [6.07, 6.45) is 3.06. The molecule has 0 radical (unpaired) electrons. The van der Waals surface area contributed by atoms with Gasteiger partial charge in [-0.15, -0.1) is 0 Å². The van der Waals surface area contributed by atoms with Crippen molar-refractivity contribution in [2.75, 3.05) is 0 Å². The topological polar surface area (TPSA) is 42.2 Å². The molecule has 1 aromatic heterocycles. The van der Waals surface area contributed by atoms with Gasteiger partial charge in [-0.05, 0) is 30.7 Å². The van der Waals surface area contributed by atoms with Crippen LogP contribution in [-0.4, -0.2) is 5.91 Å². The summed E-state index contributed by atoms with van der Waals surface area (Å²) in [5.41, 5.74) is 1.68. The number of hydrogen-bond acceptors (Lipinski definition) is 2. The van der Waals surface area contributed by atoms with Gasteiger partial charge in [-0.2, -0.15) is 0 Å². The third kappa shape index (κ3) is 2.72. The second kappa shape index (κ2) is 4.82. The average Bonchev–Trinajstić information content (AvgIpc) is 2.78. The van der Waals surface area contributed by atoms with Gasteiger partial charge in [0.15, 0.2) is 0 Å². The Bertz CT molecular complexity index is 520. The Morgan fingerprint density at radius 3 is 2.88 bits per heavy atom. The van der Waals surface area contributed by atoms with Crippen molar-refractivity contribution in [3.8, 4) is 0 Å². The smallest absolute Gasteiger partial charge is 0.254 e. The lowest BCUT2D eigenvalue weighted by atomic mass is 10.1. The van der Waals surface area contributed by atoms with E-state index < -0.39 is 11.7 Å². The van der Waals surface area contributed by atoms with Gasteiger partial charge >= 0.3 is 0 Å². The number of furan rings is 1. The SMILES string of the molecule is Cc1ccc(C(=O)NCc2ccoc2)c(F)c1. The number of halogens is 1. The monoisotopic (exact) mass is 233 g/mol. The Labute approximate surface area is 98.3 Å². The second-order valence-electron chi connectivity index (χ2n) is 3.80. The van der Waals surface area contributed by atoms with E-state index in [4.69, 9.17) is 4.42 Å². The zero-order chi connectivity index (χ0) is 12.3. The van der Waals surface area contributed by atoms with Crippen molar-refractivity contribution in [2.45, 2.75) is 13.5 Å². The van der Waals surface area contributed by atoms with E-state index in [0.717, 1.165) is 11.1 Å². The maximum absolute atomic E-state index is 13.5. The molecule has 0 atom stereocenters. The minimum Gasteiger partial charge on any atom is -0.472 e. The van der Waals surface area contributed by atoms with E-state index in [1.807, 2.05) is 0 Å². The first-order chi connectivity index (χ1) is 8.16. The standard InChI is InChI=1S/C13H12FNO2/c1-9-2-3-11(12(14)6-9)13(16)15-7-10-4-5-17-8-10/h2-6,8H,7H2,1H3,(H,15,16). The van der Waals surface area contributed by atoms with Crippen molar-refractivity contribution >= 4 is 5.91 Å². The summed E-state index contributed by atoms with van der Waals surface area (Å²) < 4.78 is 18.4. The molecule has 0 saturated carbocycles. The molecule has 0 spiro atoms. The lowest BCUT2D eigenvalue weighted by Gasteiger charge is -2.05.